The zero-order chi connectivity index (χ0) is 12.8. The summed E-state index contributed by atoms with van der Waals surface area (Å²) >= 11 is 8.31. The highest BCUT2D eigenvalue weighted by Gasteiger charge is 2.20. The number of alkyl halides is 1. The van der Waals surface area contributed by atoms with Gasteiger partial charge >= 0.3 is 0 Å². The van der Waals surface area contributed by atoms with Crippen molar-refractivity contribution in [2.24, 2.45) is 0 Å². The van der Waals surface area contributed by atoms with Crippen molar-refractivity contribution in [3.05, 3.63) is 17.0 Å². The summed E-state index contributed by atoms with van der Waals surface area (Å²) in [6, 6.07) is 0. The molecule has 0 radical (unpaired) electrons. The van der Waals surface area contributed by atoms with Gasteiger partial charge in [-0.1, -0.05) is 20.8 Å². The van der Waals surface area contributed by atoms with Crippen molar-refractivity contribution < 1.29 is 0 Å². The first kappa shape index (κ1) is 14.9. The van der Waals surface area contributed by atoms with E-state index in [-0.39, 0.29) is 5.38 Å². The number of thioether (sulfide) groups is 1. The second-order valence-electron chi connectivity index (χ2n) is 4.11. The van der Waals surface area contributed by atoms with E-state index in [2.05, 4.69) is 31.7 Å². The average molecular weight is 275 g/mol. The molecule has 0 saturated carbocycles. The summed E-state index contributed by atoms with van der Waals surface area (Å²) in [6.45, 7) is 7.47. The van der Waals surface area contributed by atoms with Crippen LogP contribution in [-0.2, 0) is 19.4 Å². The van der Waals surface area contributed by atoms with Crippen molar-refractivity contribution in [3.8, 4) is 0 Å². The lowest BCUT2D eigenvalue weighted by Crippen LogP contribution is -2.07. The Kier molecular flexibility index (Phi) is 6.42. The fraction of sp³-hybridized carbons (Fsp3) is 0.769. The van der Waals surface area contributed by atoms with Crippen LogP contribution in [0.5, 0.6) is 0 Å². The molecule has 1 unspecified atom stereocenters. The van der Waals surface area contributed by atoms with E-state index in [1.54, 1.807) is 0 Å². The molecule has 1 aromatic rings. The molecule has 0 fully saturated rings. The zero-order valence-electron chi connectivity index (χ0n) is 11.3. The largest absolute Gasteiger partial charge is 0.268 e. The van der Waals surface area contributed by atoms with Gasteiger partial charge in [-0.3, -0.25) is 4.68 Å². The van der Waals surface area contributed by atoms with E-state index in [4.69, 9.17) is 16.7 Å². The Morgan fingerprint density at radius 2 is 2.00 bits per heavy atom. The molecule has 0 saturated heterocycles. The normalized spacial score (nSPS) is 13.0. The quantitative estimate of drug-likeness (QED) is 0.698. The summed E-state index contributed by atoms with van der Waals surface area (Å²) in [6.07, 6.45) is 5.08. The number of hydrogen-bond acceptors (Lipinski definition) is 2. The van der Waals surface area contributed by atoms with E-state index in [0.29, 0.717) is 0 Å². The maximum atomic E-state index is 6.45. The smallest absolute Gasteiger partial charge is 0.0671 e. The van der Waals surface area contributed by atoms with Crippen molar-refractivity contribution in [1.29, 1.82) is 0 Å². The number of rotatable bonds is 7. The van der Waals surface area contributed by atoms with Gasteiger partial charge < -0.3 is 0 Å². The number of nitrogens with zero attached hydrogens (tertiary/aromatic N) is 2. The van der Waals surface area contributed by atoms with Crippen LogP contribution in [0.1, 0.15) is 49.5 Å². The molecule has 0 amide bonds. The Morgan fingerprint density at radius 3 is 2.47 bits per heavy atom. The minimum Gasteiger partial charge on any atom is -0.268 e. The van der Waals surface area contributed by atoms with Crippen molar-refractivity contribution in [3.63, 3.8) is 0 Å². The fourth-order valence-corrected chi connectivity index (χ4v) is 2.74. The van der Waals surface area contributed by atoms with Crippen molar-refractivity contribution >= 4 is 23.4 Å². The van der Waals surface area contributed by atoms with Gasteiger partial charge in [0, 0.05) is 17.0 Å². The second-order valence-corrected chi connectivity index (χ2v) is 5.62. The SMILES string of the molecule is CCc1nn(CCSC)c(CC)c1C(Cl)CC. The highest BCUT2D eigenvalue weighted by molar-refractivity contribution is 7.98. The van der Waals surface area contributed by atoms with Crippen LogP contribution in [0.25, 0.3) is 0 Å². The maximum absolute atomic E-state index is 6.45. The number of aromatic nitrogens is 2. The molecule has 17 heavy (non-hydrogen) atoms. The topological polar surface area (TPSA) is 17.8 Å². The minimum atomic E-state index is 0.114. The minimum absolute atomic E-state index is 0.114. The molecule has 0 aliphatic rings. The third-order valence-electron chi connectivity index (χ3n) is 3.02. The molecule has 0 aliphatic heterocycles. The molecular weight excluding hydrogens is 252 g/mol. The molecule has 1 aromatic heterocycles. The van der Waals surface area contributed by atoms with Gasteiger partial charge in [0.25, 0.3) is 0 Å². The average Bonchev–Trinajstić information content (AvgIpc) is 2.72. The summed E-state index contributed by atoms with van der Waals surface area (Å²) in [5, 5.41) is 4.84. The molecule has 0 N–H and O–H groups in total. The summed E-state index contributed by atoms with van der Waals surface area (Å²) in [4.78, 5) is 0. The Hall–Kier alpha value is -0.150. The van der Waals surface area contributed by atoms with Gasteiger partial charge in [-0.05, 0) is 25.5 Å². The third kappa shape index (κ3) is 3.41. The van der Waals surface area contributed by atoms with Crippen LogP contribution in [0.3, 0.4) is 0 Å². The van der Waals surface area contributed by atoms with Crippen LogP contribution < -0.4 is 0 Å². The first-order valence-electron chi connectivity index (χ1n) is 6.40. The Balaban J connectivity index is 3.11. The van der Waals surface area contributed by atoms with E-state index in [9.17, 15) is 0 Å². The second kappa shape index (κ2) is 7.32. The molecule has 4 heteroatoms. The van der Waals surface area contributed by atoms with Crippen LogP contribution in [0.15, 0.2) is 0 Å². The summed E-state index contributed by atoms with van der Waals surface area (Å²) < 4.78 is 2.16. The van der Waals surface area contributed by atoms with Crippen LogP contribution in [0.4, 0.5) is 0 Å². The molecule has 2 nitrogen and oxygen atoms in total. The lowest BCUT2D eigenvalue weighted by molar-refractivity contribution is 0.622. The lowest BCUT2D eigenvalue weighted by atomic mass is 10.0. The van der Waals surface area contributed by atoms with E-state index < -0.39 is 0 Å². The molecule has 0 aliphatic carbocycles. The number of aryl methyl sites for hydroxylation is 2. The Labute approximate surface area is 114 Å². The fourth-order valence-electron chi connectivity index (χ4n) is 2.13. The molecule has 0 aromatic carbocycles. The van der Waals surface area contributed by atoms with E-state index in [1.165, 1.54) is 17.0 Å². The van der Waals surface area contributed by atoms with E-state index in [1.807, 2.05) is 11.8 Å². The first-order valence-corrected chi connectivity index (χ1v) is 8.23. The predicted octanol–water partition coefficient (Wildman–Crippen LogP) is 4.06. The van der Waals surface area contributed by atoms with Crippen molar-refractivity contribution in [2.45, 2.75) is 52.0 Å². The van der Waals surface area contributed by atoms with Gasteiger partial charge in [-0.2, -0.15) is 16.9 Å². The van der Waals surface area contributed by atoms with Crippen LogP contribution >= 0.6 is 23.4 Å². The molecule has 0 bridgehead atoms. The Morgan fingerprint density at radius 1 is 1.29 bits per heavy atom. The third-order valence-corrected chi connectivity index (χ3v) is 4.14. The summed E-state index contributed by atoms with van der Waals surface area (Å²) in [5.41, 5.74) is 3.81. The summed E-state index contributed by atoms with van der Waals surface area (Å²) in [5.74, 6) is 1.11. The molecule has 1 heterocycles. The van der Waals surface area contributed by atoms with Gasteiger partial charge in [-0.15, -0.1) is 11.6 Å². The molecule has 1 rings (SSSR count). The van der Waals surface area contributed by atoms with Gasteiger partial charge in [0.2, 0.25) is 0 Å². The standard InChI is InChI=1S/C13H23ClN2S/c1-5-10(14)13-11(6-2)15-16(8-9-17-4)12(13)7-3/h10H,5-9H2,1-4H3. The van der Waals surface area contributed by atoms with E-state index in [0.717, 1.165) is 31.6 Å². The van der Waals surface area contributed by atoms with Gasteiger partial charge in [-0.25, -0.2) is 0 Å². The molecule has 1 atom stereocenters. The highest BCUT2D eigenvalue weighted by Crippen LogP contribution is 2.31. The lowest BCUT2D eigenvalue weighted by Gasteiger charge is -2.10. The van der Waals surface area contributed by atoms with E-state index >= 15 is 0 Å². The van der Waals surface area contributed by atoms with Crippen molar-refractivity contribution in [1.82, 2.24) is 9.78 Å². The van der Waals surface area contributed by atoms with Crippen LogP contribution in [0, 0.1) is 0 Å². The van der Waals surface area contributed by atoms with Crippen molar-refractivity contribution in [2.75, 3.05) is 12.0 Å². The van der Waals surface area contributed by atoms with Gasteiger partial charge in [0.05, 0.1) is 17.6 Å². The van der Waals surface area contributed by atoms with Crippen LogP contribution in [0.2, 0.25) is 0 Å². The molecular formula is C13H23ClN2S. The molecule has 0 spiro atoms. The Bertz CT molecular complexity index is 349. The van der Waals surface area contributed by atoms with Gasteiger partial charge in [0.15, 0.2) is 0 Å². The monoisotopic (exact) mass is 274 g/mol. The molecule has 98 valence electrons. The highest BCUT2D eigenvalue weighted by atomic mass is 35.5. The maximum Gasteiger partial charge on any atom is 0.0671 e. The number of halogens is 1. The summed E-state index contributed by atoms with van der Waals surface area (Å²) in [7, 11) is 0. The zero-order valence-corrected chi connectivity index (χ0v) is 12.9. The number of hydrogen-bond donors (Lipinski definition) is 0. The first-order chi connectivity index (χ1) is 8.19. The van der Waals surface area contributed by atoms with Gasteiger partial charge in [0.1, 0.15) is 0 Å². The van der Waals surface area contributed by atoms with Crippen LogP contribution in [-0.4, -0.2) is 21.8 Å². The predicted molar refractivity (Wildman–Crippen MR) is 78.3 cm³/mol.